The molecule has 3 N–H and O–H groups in total. The van der Waals surface area contributed by atoms with Crippen LogP contribution >= 0.6 is 15.9 Å². The molecule has 0 saturated carbocycles. The molecular formula is C15H11BrN2O2. The monoisotopic (exact) mass is 330 g/mol. The Morgan fingerprint density at radius 2 is 2.00 bits per heavy atom. The molecule has 100 valence electrons. The van der Waals surface area contributed by atoms with Crippen molar-refractivity contribution in [3.8, 4) is 0 Å². The van der Waals surface area contributed by atoms with Crippen LogP contribution in [0.25, 0.3) is 11.0 Å². The Balaban J connectivity index is 1.93. The summed E-state index contributed by atoms with van der Waals surface area (Å²) in [7, 11) is 0. The highest BCUT2D eigenvalue weighted by Crippen LogP contribution is 2.25. The zero-order valence-electron chi connectivity index (χ0n) is 10.4. The fraction of sp³-hybridized carbons (Fsp3) is 0. The lowest BCUT2D eigenvalue weighted by molar-refractivity contribution is 0.102. The third-order valence-electron chi connectivity index (χ3n) is 2.99. The summed E-state index contributed by atoms with van der Waals surface area (Å²) in [5, 5.41) is 3.57. The number of nitrogens with two attached hydrogens (primary N) is 1. The van der Waals surface area contributed by atoms with Gasteiger partial charge in [-0.15, -0.1) is 0 Å². The highest BCUT2D eigenvalue weighted by atomic mass is 79.9. The number of carbonyl (C=O) groups excluding carboxylic acids is 1. The molecule has 0 aliphatic rings. The van der Waals surface area contributed by atoms with E-state index < -0.39 is 0 Å². The van der Waals surface area contributed by atoms with E-state index in [1.165, 1.54) is 6.26 Å². The summed E-state index contributed by atoms with van der Waals surface area (Å²) in [6.45, 7) is 0. The maximum absolute atomic E-state index is 12.3. The number of nitrogens with one attached hydrogen (secondary N) is 1. The Kier molecular flexibility index (Phi) is 3.20. The second-order valence-corrected chi connectivity index (χ2v) is 5.25. The minimum Gasteiger partial charge on any atom is -0.463 e. The van der Waals surface area contributed by atoms with Gasteiger partial charge in [0.2, 0.25) is 0 Å². The van der Waals surface area contributed by atoms with E-state index in [0.717, 1.165) is 9.86 Å². The number of rotatable bonds is 2. The molecule has 0 aliphatic heterocycles. The van der Waals surface area contributed by atoms with Crippen LogP contribution in [-0.4, -0.2) is 5.91 Å². The minimum atomic E-state index is -0.246. The first kappa shape index (κ1) is 12.7. The number of carbonyl (C=O) groups is 1. The lowest BCUT2D eigenvalue weighted by atomic mass is 10.1. The lowest BCUT2D eigenvalue weighted by Crippen LogP contribution is -2.12. The van der Waals surface area contributed by atoms with Gasteiger partial charge >= 0.3 is 0 Å². The number of hydrogen-bond donors (Lipinski definition) is 2. The van der Waals surface area contributed by atoms with Crippen LogP contribution in [-0.2, 0) is 0 Å². The molecule has 3 aromatic rings. The van der Waals surface area contributed by atoms with E-state index >= 15 is 0 Å². The quantitative estimate of drug-likeness (QED) is 0.697. The summed E-state index contributed by atoms with van der Waals surface area (Å²) in [5.74, 6) is -0.246. The van der Waals surface area contributed by atoms with Crippen molar-refractivity contribution in [1.29, 1.82) is 0 Å². The van der Waals surface area contributed by atoms with Gasteiger partial charge in [0.25, 0.3) is 5.91 Å². The number of halogens is 1. The lowest BCUT2D eigenvalue weighted by Gasteiger charge is -2.07. The van der Waals surface area contributed by atoms with Gasteiger partial charge in [-0.3, -0.25) is 4.79 Å². The van der Waals surface area contributed by atoms with Gasteiger partial charge in [0.1, 0.15) is 11.8 Å². The van der Waals surface area contributed by atoms with Crippen molar-refractivity contribution < 1.29 is 9.21 Å². The van der Waals surface area contributed by atoms with Crippen LogP contribution < -0.4 is 11.1 Å². The number of fused-ring (bicyclic) bond motifs is 1. The van der Waals surface area contributed by atoms with E-state index in [9.17, 15) is 4.79 Å². The van der Waals surface area contributed by atoms with Gasteiger partial charge in [-0.1, -0.05) is 34.1 Å². The number of nitrogen functional groups attached to an aromatic ring is 1. The number of para-hydroxylation sites is 1. The van der Waals surface area contributed by atoms with Crippen LogP contribution in [0, 0.1) is 0 Å². The smallest absolute Gasteiger partial charge is 0.259 e. The van der Waals surface area contributed by atoms with E-state index in [2.05, 4.69) is 21.2 Å². The van der Waals surface area contributed by atoms with E-state index in [-0.39, 0.29) is 5.91 Å². The van der Waals surface area contributed by atoms with Gasteiger partial charge < -0.3 is 15.5 Å². The first-order valence-electron chi connectivity index (χ1n) is 5.98. The predicted octanol–water partition coefficient (Wildman–Crippen LogP) is 4.03. The second kappa shape index (κ2) is 5.02. The molecule has 0 fully saturated rings. The molecule has 5 heteroatoms. The fourth-order valence-electron chi connectivity index (χ4n) is 1.99. The molecule has 20 heavy (non-hydrogen) atoms. The van der Waals surface area contributed by atoms with E-state index in [1.54, 1.807) is 12.1 Å². The molecule has 4 nitrogen and oxygen atoms in total. The molecule has 3 rings (SSSR count). The molecule has 0 saturated heterocycles. The normalized spacial score (nSPS) is 10.7. The van der Waals surface area contributed by atoms with Crippen LogP contribution in [0.5, 0.6) is 0 Å². The summed E-state index contributed by atoms with van der Waals surface area (Å²) >= 11 is 3.33. The van der Waals surface area contributed by atoms with E-state index in [0.29, 0.717) is 22.5 Å². The van der Waals surface area contributed by atoms with Crippen LogP contribution in [0.4, 0.5) is 11.4 Å². The number of amides is 1. The van der Waals surface area contributed by atoms with Crippen molar-refractivity contribution in [3.63, 3.8) is 0 Å². The van der Waals surface area contributed by atoms with Crippen molar-refractivity contribution in [2.75, 3.05) is 11.1 Å². The van der Waals surface area contributed by atoms with Crippen LogP contribution in [0.2, 0.25) is 0 Å². The number of benzene rings is 2. The summed E-state index contributed by atoms with van der Waals surface area (Å²) in [4.78, 5) is 12.3. The van der Waals surface area contributed by atoms with Crippen molar-refractivity contribution >= 4 is 44.2 Å². The predicted molar refractivity (Wildman–Crippen MR) is 82.7 cm³/mol. The van der Waals surface area contributed by atoms with Gasteiger partial charge in [0, 0.05) is 9.86 Å². The van der Waals surface area contributed by atoms with Gasteiger partial charge in [-0.25, -0.2) is 0 Å². The van der Waals surface area contributed by atoms with Crippen molar-refractivity contribution in [3.05, 3.63) is 58.8 Å². The average molecular weight is 331 g/mol. The van der Waals surface area contributed by atoms with Gasteiger partial charge in [-0.05, 0) is 24.3 Å². The molecule has 1 amide bonds. The number of anilines is 2. The second-order valence-electron chi connectivity index (χ2n) is 4.33. The van der Waals surface area contributed by atoms with Crippen molar-refractivity contribution in [2.24, 2.45) is 0 Å². The maximum Gasteiger partial charge on any atom is 0.259 e. The van der Waals surface area contributed by atoms with E-state index in [1.807, 2.05) is 30.3 Å². The number of furan rings is 1. The first-order chi connectivity index (χ1) is 9.65. The molecule has 1 aromatic heterocycles. The highest BCUT2D eigenvalue weighted by molar-refractivity contribution is 9.10. The third-order valence-corrected chi connectivity index (χ3v) is 3.48. The fourth-order valence-corrected chi connectivity index (χ4v) is 2.37. The molecule has 2 aromatic carbocycles. The molecule has 0 aliphatic carbocycles. The Hall–Kier alpha value is -2.27. The largest absolute Gasteiger partial charge is 0.463 e. The van der Waals surface area contributed by atoms with Gasteiger partial charge in [0.15, 0.2) is 0 Å². The molecule has 0 unspecified atom stereocenters. The van der Waals surface area contributed by atoms with Gasteiger partial charge in [-0.2, -0.15) is 0 Å². The standard InChI is InChI=1S/C15H11BrN2O2/c16-9-5-6-13(12(17)7-9)18-15(19)11-8-20-14-4-2-1-3-10(11)14/h1-8H,17H2,(H,18,19). The maximum atomic E-state index is 12.3. The zero-order valence-corrected chi connectivity index (χ0v) is 12.0. The summed E-state index contributed by atoms with van der Waals surface area (Å²) in [6, 6.07) is 12.7. The summed E-state index contributed by atoms with van der Waals surface area (Å²) in [5.41, 5.74) is 8.11. The molecule has 1 heterocycles. The van der Waals surface area contributed by atoms with Crippen LogP contribution in [0.1, 0.15) is 10.4 Å². The molecular weight excluding hydrogens is 320 g/mol. The zero-order chi connectivity index (χ0) is 14.1. The molecule has 0 atom stereocenters. The Morgan fingerprint density at radius 3 is 2.80 bits per heavy atom. The SMILES string of the molecule is Nc1cc(Br)ccc1NC(=O)c1coc2ccccc12. The Labute approximate surface area is 123 Å². The molecule has 0 radical (unpaired) electrons. The molecule has 0 spiro atoms. The van der Waals surface area contributed by atoms with Crippen LogP contribution in [0.15, 0.2) is 57.6 Å². The van der Waals surface area contributed by atoms with Crippen molar-refractivity contribution in [1.82, 2.24) is 0 Å². The highest BCUT2D eigenvalue weighted by Gasteiger charge is 2.14. The van der Waals surface area contributed by atoms with E-state index in [4.69, 9.17) is 10.2 Å². The summed E-state index contributed by atoms with van der Waals surface area (Å²) < 4.78 is 6.22. The van der Waals surface area contributed by atoms with Crippen molar-refractivity contribution in [2.45, 2.75) is 0 Å². The number of hydrogen-bond acceptors (Lipinski definition) is 3. The summed E-state index contributed by atoms with van der Waals surface area (Å²) in [6.07, 6.45) is 1.45. The average Bonchev–Trinajstić information content (AvgIpc) is 2.86. The topological polar surface area (TPSA) is 68.3 Å². The third kappa shape index (κ3) is 2.28. The first-order valence-corrected chi connectivity index (χ1v) is 6.77. The minimum absolute atomic E-state index is 0.246. The molecule has 0 bridgehead atoms. The Morgan fingerprint density at radius 1 is 1.20 bits per heavy atom. The Bertz CT molecular complexity index is 795. The van der Waals surface area contributed by atoms with Crippen LogP contribution in [0.3, 0.4) is 0 Å². The van der Waals surface area contributed by atoms with Gasteiger partial charge in [0.05, 0.1) is 16.9 Å².